The van der Waals surface area contributed by atoms with Gasteiger partial charge in [0, 0.05) is 50.9 Å². The Kier molecular flexibility index (Phi) is 7.50. The van der Waals surface area contributed by atoms with Crippen LogP contribution in [0.5, 0.6) is 0 Å². The number of nitrogens with zero attached hydrogens (tertiary/aromatic N) is 4. The first-order valence-electron chi connectivity index (χ1n) is 11.9. The van der Waals surface area contributed by atoms with Crippen molar-refractivity contribution in [2.45, 2.75) is 39.5 Å². The molecule has 0 radical (unpaired) electrons. The average molecular weight is 485 g/mol. The summed E-state index contributed by atoms with van der Waals surface area (Å²) < 4.78 is 5.08. The summed E-state index contributed by atoms with van der Waals surface area (Å²) in [5, 5.41) is 1.95. The fourth-order valence-electron chi connectivity index (χ4n) is 4.64. The predicted octanol–water partition coefficient (Wildman–Crippen LogP) is 3.69. The molecule has 2 aliphatic rings. The van der Waals surface area contributed by atoms with Crippen LogP contribution in [0.3, 0.4) is 0 Å². The highest BCUT2D eigenvalue weighted by molar-refractivity contribution is 7.12. The van der Waals surface area contributed by atoms with Crippen molar-refractivity contribution < 1.29 is 19.1 Å². The molecule has 2 aromatic heterocycles. The number of likely N-dealkylation sites (tertiary alicyclic amines) is 1. The van der Waals surface area contributed by atoms with E-state index in [1.54, 1.807) is 16.7 Å². The lowest BCUT2D eigenvalue weighted by Gasteiger charge is -2.35. The lowest BCUT2D eigenvalue weighted by Crippen LogP contribution is -2.51. The van der Waals surface area contributed by atoms with Gasteiger partial charge in [-0.25, -0.2) is 4.79 Å². The minimum absolute atomic E-state index is 0.0428. The van der Waals surface area contributed by atoms with Crippen molar-refractivity contribution in [1.29, 1.82) is 0 Å². The van der Waals surface area contributed by atoms with Gasteiger partial charge in [0.15, 0.2) is 0 Å². The molecule has 0 bridgehead atoms. The zero-order valence-electron chi connectivity index (χ0n) is 20.1. The molecule has 182 valence electrons. The molecule has 0 aromatic carbocycles. The molecule has 0 aliphatic carbocycles. The summed E-state index contributed by atoms with van der Waals surface area (Å²) >= 11 is 1.49. The molecule has 2 saturated heterocycles. The summed E-state index contributed by atoms with van der Waals surface area (Å²) in [4.78, 5) is 49.2. The lowest BCUT2D eigenvalue weighted by atomic mass is 9.89. The van der Waals surface area contributed by atoms with E-state index < -0.39 is 0 Å². The Labute approximate surface area is 204 Å². The van der Waals surface area contributed by atoms with Crippen LogP contribution < -0.4 is 0 Å². The molecular formula is C25H32N4O4S. The Balaban J connectivity index is 1.43. The van der Waals surface area contributed by atoms with Gasteiger partial charge in [0.1, 0.15) is 0 Å². The van der Waals surface area contributed by atoms with E-state index in [0.717, 1.165) is 34.7 Å². The number of aryl methyl sites for hydroxylation is 2. The van der Waals surface area contributed by atoms with E-state index in [1.807, 2.05) is 42.3 Å². The van der Waals surface area contributed by atoms with Crippen molar-refractivity contribution in [3.05, 3.63) is 51.0 Å². The molecular weight excluding hydrogens is 452 g/mol. The van der Waals surface area contributed by atoms with Crippen LogP contribution in [0.15, 0.2) is 23.6 Å². The maximum absolute atomic E-state index is 13.4. The van der Waals surface area contributed by atoms with Crippen molar-refractivity contribution >= 4 is 29.2 Å². The fourth-order valence-corrected chi connectivity index (χ4v) is 5.53. The van der Waals surface area contributed by atoms with Gasteiger partial charge < -0.3 is 19.4 Å². The van der Waals surface area contributed by atoms with Crippen molar-refractivity contribution in [2.75, 3.05) is 45.9 Å². The van der Waals surface area contributed by atoms with Gasteiger partial charge in [0.25, 0.3) is 11.8 Å². The number of rotatable bonds is 4. The van der Waals surface area contributed by atoms with Crippen molar-refractivity contribution in [3.8, 4) is 0 Å². The lowest BCUT2D eigenvalue weighted by molar-refractivity contribution is 0.0567. The van der Waals surface area contributed by atoms with E-state index in [2.05, 4.69) is 0 Å². The first-order valence-corrected chi connectivity index (χ1v) is 12.8. The second-order valence-electron chi connectivity index (χ2n) is 8.86. The van der Waals surface area contributed by atoms with Crippen molar-refractivity contribution in [3.63, 3.8) is 0 Å². The smallest absolute Gasteiger partial charge is 0.409 e. The van der Waals surface area contributed by atoms with Crippen LogP contribution in [-0.4, -0.2) is 83.5 Å². The molecule has 0 N–H and O–H groups in total. The highest BCUT2D eigenvalue weighted by Crippen LogP contribution is 2.31. The molecule has 9 heteroatoms. The number of hydrogen-bond donors (Lipinski definition) is 0. The molecule has 4 heterocycles. The number of piperazine rings is 1. The Bertz CT molecular complexity index is 1050. The van der Waals surface area contributed by atoms with Gasteiger partial charge in [0.05, 0.1) is 22.7 Å². The quantitative estimate of drug-likeness (QED) is 0.661. The molecule has 34 heavy (non-hydrogen) atoms. The van der Waals surface area contributed by atoms with Gasteiger partial charge >= 0.3 is 6.09 Å². The van der Waals surface area contributed by atoms with E-state index in [1.165, 1.54) is 11.3 Å². The first-order chi connectivity index (χ1) is 16.4. The molecule has 0 saturated carbocycles. The van der Waals surface area contributed by atoms with Crippen LogP contribution in [0.2, 0.25) is 0 Å². The number of aromatic nitrogens is 1. The highest BCUT2D eigenvalue weighted by Gasteiger charge is 2.32. The zero-order valence-corrected chi connectivity index (χ0v) is 20.9. The van der Waals surface area contributed by atoms with Crippen LogP contribution in [0.25, 0.3) is 0 Å². The average Bonchev–Trinajstić information content (AvgIpc) is 3.29. The summed E-state index contributed by atoms with van der Waals surface area (Å²) in [6.07, 6.45) is 1.24. The number of pyridine rings is 1. The minimum atomic E-state index is -0.327. The molecule has 3 amide bonds. The summed E-state index contributed by atoms with van der Waals surface area (Å²) in [6.45, 7) is 9.21. The zero-order chi connectivity index (χ0) is 24.2. The van der Waals surface area contributed by atoms with E-state index in [0.29, 0.717) is 51.4 Å². The number of hydrogen-bond acceptors (Lipinski definition) is 6. The van der Waals surface area contributed by atoms with Crippen molar-refractivity contribution in [2.24, 2.45) is 0 Å². The Morgan fingerprint density at radius 1 is 0.941 bits per heavy atom. The van der Waals surface area contributed by atoms with Crippen LogP contribution in [0.4, 0.5) is 4.79 Å². The predicted molar refractivity (Wildman–Crippen MR) is 130 cm³/mol. The van der Waals surface area contributed by atoms with Gasteiger partial charge in [-0.15, -0.1) is 11.3 Å². The van der Waals surface area contributed by atoms with Crippen LogP contribution in [0.1, 0.15) is 62.7 Å². The second-order valence-corrected chi connectivity index (χ2v) is 9.78. The van der Waals surface area contributed by atoms with Gasteiger partial charge in [-0.05, 0) is 62.8 Å². The van der Waals surface area contributed by atoms with Gasteiger partial charge in [-0.2, -0.15) is 0 Å². The third-order valence-electron chi connectivity index (χ3n) is 6.61. The number of ether oxygens (including phenoxy) is 1. The molecule has 0 spiro atoms. The van der Waals surface area contributed by atoms with E-state index in [-0.39, 0.29) is 23.8 Å². The Morgan fingerprint density at radius 3 is 2.21 bits per heavy atom. The summed E-state index contributed by atoms with van der Waals surface area (Å²) in [5.74, 6) is 0.186. The van der Waals surface area contributed by atoms with Crippen molar-refractivity contribution in [1.82, 2.24) is 19.7 Å². The molecule has 4 rings (SSSR count). The molecule has 0 atom stereocenters. The third-order valence-corrected chi connectivity index (χ3v) is 7.62. The second kappa shape index (κ2) is 10.5. The maximum atomic E-state index is 13.4. The molecule has 2 aromatic rings. The molecule has 8 nitrogen and oxygen atoms in total. The Morgan fingerprint density at radius 2 is 1.59 bits per heavy atom. The van der Waals surface area contributed by atoms with E-state index in [9.17, 15) is 14.4 Å². The number of carbonyl (C=O) groups excluding carboxylic acids is 3. The fraction of sp³-hybridized carbons (Fsp3) is 0.520. The Hall–Kier alpha value is -2.94. The summed E-state index contributed by atoms with van der Waals surface area (Å²) in [5.41, 5.74) is 3.37. The van der Waals surface area contributed by atoms with Gasteiger partial charge in [0.2, 0.25) is 0 Å². The van der Waals surface area contributed by atoms with Gasteiger partial charge in [-0.1, -0.05) is 0 Å². The molecule has 0 unspecified atom stereocenters. The largest absolute Gasteiger partial charge is 0.450 e. The monoisotopic (exact) mass is 484 g/mol. The summed E-state index contributed by atoms with van der Waals surface area (Å²) in [6, 6.07) is 5.74. The highest BCUT2D eigenvalue weighted by atomic mass is 32.1. The van der Waals surface area contributed by atoms with Gasteiger partial charge in [-0.3, -0.25) is 14.6 Å². The normalized spacial score (nSPS) is 17.1. The van der Waals surface area contributed by atoms with Crippen LogP contribution in [-0.2, 0) is 4.74 Å². The number of thiophene rings is 1. The first kappa shape index (κ1) is 24.2. The third kappa shape index (κ3) is 5.09. The van der Waals surface area contributed by atoms with E-state index >= 15 is 0 Å². The minimum Gasteiger partial charge on any atom is -0.450 e. The SMILES string of the molecule is CCOC(=O)N1CCN(C(=O)c2ccc(C)nc2C2CCN(C(=O)c3sccc3C)CC2)CC1. The number of amides is 3. The molecule has 2 fully saturated rings. The number of piperidine rings is 1. The number of carbonyl (C=O) groups is 3. The molecule has 2 aliphatic heterocycles. The topological polar surface area (TPSA) is 83.1 Å². The van der Waals surface area contributed by atoms with Crippen LogP contribution in [0, 0.1) is 13.8 Å². The maximum Gasteiger partial charge on any atom is 0.409 e. The van der Waals surface area contributed by atoms with E-state index in [4.69, 9.17) is 9.72 Å². The summed E-state index contributed by atoms with van der Waals surface area (Å²) in [7, 11) is 0. The standard InChI is InChI=1S/C25H32N4O4S/c1-4-33-25(32)29-14-12-28(13-15-29)23(30)20-6-5-18(3)26-21(20)19-7-10-27(11-8-19)24(31)22-17(2)9-16-34-22/h5-6,9,16,19H,4,7-8,10-15H2,1-3H3. The van der Waals surface area contributed by atoms with Crippen LogP contribution >= 0.6 is 11.3 Å².